The SMILES string of the molecule is C=C(C)Cn1c(Sc2nc3ccccc3[nH]2)nc2c1c(=O)[nH]c(=O)n2C. The highest BCUT2D eigenvalue weighted by molar-refractivity contribution is 7.99. The number of allylic oxidation sites excluding steroid dienone is 1. The van der Waals surface area contributed by atoms with Crippen LogP contribution in [0.15, 0.2) is 56.3 Å². The Morgan fingerprint density at radius 1 is 1.23 bits per heavy atom. The van der Waals surface area contributed by atoms with E-state index in [1.54, 1.807) is 11.6 Å². The molecule has 0 atom stereocenters. The number of imidazole rings is 2. The van der Waals surface area contributed by atoms with Crippen molar-refractivity contribution in [1.82, 2.24) is 29.1 Å². The molecule has 0 amide bonds. The fourth-order valence-electron chi connectivity index (χ4n) is 2.77. The van der Waals surface area contributed by atoms with Crippen molar-refractivity contribution in [3.8, 4) is 0 Å². The van der Waals surface area contributed by atoms with Crippen molar-refractivity contribution in [3.05, 3.63) is 57.3 Å². The predicted octanol–water partition coefficient (Wildman–Crippen LogP) is 2.03. The maximum Gasteiger partial charge on any atom is 0.329 e. The maximum atomic E-state index is 12.4. The molecule has 0 aliphatic heterocycles. The summed E-state index contributed by atoms with van der Waals surface area (Å²) in [6.45, 7) is 6.22. The molecule has 3 aromatic heterocycles. The fraction of sp³-hybridized carbons (Fsp3) is 0.176. The molecule has 0 saturated heterocycles. The van der Waals surface area contributed by atoms with Crippen LogP contribution in [0.2, 0.25) is 0 Å². The quantitative estimate of drug-likeness (QED) is 0.537. The van der Waals surface area contributed by atoms with Crippen LogP contribution in [0.4, 0.5) is 0 Å². The molecule has 0 saturated carbocycles. The van der Waals surface area contributed by atoms with Crippen LogP contribution < -0.4 is 11.2 Å². The molecule has 4 rings (SSSR count). The van der Waals surface area contributed by atoms with Crippen molar-refractivity contribution in [1.29, 1.82) is 0 Å². The number of hydrogen-bond donors (Lipinski definition) is 2. The third-order valence-electron chi connectivity index (χ3n) is 3.96. The van der Waals surface area contributed by atoms with Crippen LogP contribution in [0.25, 0.3) is 22.2 Å². The number of aromatic amines is 2. The molecule has 2 N–H and O–H groups in total. The number of para-hydroxylation sites is 2. The van der Waals surface area contributed by atoms with Gasteiger partial charge in [0.2, 0.25) is 0 Å². The molecule has 3 heterocycles. The topological polar surface area (TPSA) is 101 Å². The summed E-state index contributed by atoms with van der Waals surface area (Å²) in [7, 11) is 1.58. The molecular formula is C17H16N6O2S. The van der Waals surface area contributed by atoms with Gasteiger partial charge in [-0.15, -0.1) is 0 Å². The summed E-state index contributed by atoms with van der Waals surface area (Å²) in [5, 5.41) is 1.22. The van der Waals surface area contributed by atoms with E-state index in [4.69, 9.17) is 0 Å². The number of nitrogens with zero attached hydrogens (tertiary/aromatic N) is 4. The Bertz CT molecular complexity index is 1240. The average molecular weight is 368 g/mol. The lowest BCUT2D eigenvalue weighted by Gasteiger charge is -2.06. The third kappa shape index (κ3) is 2.66. The van der Waals surface area contributed by atoms with Gasteiger partial charge in [0.15, 0.2) is 21.5 Å². The standard InChI is InChI=1S/C17H16N6O2S/c1-9(2)8-23-12-13(22(3)16(25)21-14(12)24)20-17(23)26-15-18-10-6-4-5-7-11(10)19-15/h4-7H,1,8H2,2-3H3,(H,18,19)(H,21,24,25). The summed E-state index contributed by atoms with van der Waals surface area (Å²) in [6, 6.07) is 7.71. The summed E-state index contributed by atoms with van der Waals surface area (Å²) >= 11 is 1.31. The van der Waals surface area contributed by atoms with Gasteiger partial charge in [-0.05, 0) is 30.8 Å². The van der Waals surface area contributed by atoms with Crippen molar-refractivity contribution >= 4 is 34.0 Å². The molecule has 0 spiro atoms. The molecule has 0 fully saturated rings. The highest BCUT2D eigenvalue weighted by Crippen LogP contribution is 2.29. The maximum absolute atomic E-state index is 12.4. The molecule has 0 bridgehead atoms. The molecule has 132 valence electrons. The summed E-state index contributed by atoms with van der Waals surface area (Å²) < 4.78 is 3.09. The monoisotopic (exact) mass is 368 g/mol. The van der Waals surface area contributed by atoms with Gasteiger partial charge in [0.05, 0.1) is 11.0 Å². The number of benzene rings is 1. The Kier molecular flexibility index (Phi) is 3.80. The minimum atomic E-state index is -0.497. The Hall–Kier alpha value is -3.07. The van der Waals surface area contributed by atoms with E-state index in [1.807, 2.05) is 31.2 Å². The molecule has 1 aromatic carbocycles. The van der Waals surface area contributed by atoms with E-state index < -0.39 is 11.2 Å². The number of fused-ring (bicyclic) bond motifs is 2. The number of hydrogen-bond acceptors (Lipinski definition) is 5. The van der Waals surface area contributed by atoms with Crippen LogP contribution >= 0.6 is 11.8 Å². The third-order valence-corrected chi connectivity index (χ3v) is 4.84. The molecule has 0 radical (unpaired) electrons. The van der Waals surface area contributed by atoms with Crippen molar-refractivity contribution in [2.45, 2.75) is 23.8 Å². The van der Waals surface area contributed by atoms with E-state index >= 15 is 0 Å². The highest BCUT2D eigenvalue weighted by atomic mass is 32.2. The van der Waals surface area contributed by atoms with Gasteiger partial charge in [0, 0.05) is 13.6 Å². The highest BCUT2D eigenvalue weighted by Gasteiger charge is 2.19. The lowest BCUT2D eigenvalue weighted by Crippen LogP contribution is -2.29. The molecule has 0 aliphatic rings. The van der Waals surface area contributed by atoms with E-state index in [-0.39, 0.29) is 0 Å². The number of aryl methyl sites for hydroxylation is 1. The minimum absolute atomic E-state index is 0.332. The van der Waals surface area contributed by atoms with Crippen molar-refractivity contribution in [2.75, 3.05) is 0 Å². The van der Waals surface area contributed by atoms with Crippen LogP contribution in [-0.4, -0.2) is 29.1 Å². The van der Waals surface area contributed by atoms with E-state index in [1.165, 1.54) is 16.3 Å². The first-order chi connectivity index (χ1) is 12.4. The van der Waals surface area contributed by atoms with Gasteiger partial charge in [-0.1, -0.05) is 24.3 Å². The molecule has 9 heteroatoms. The van der Waals surface area contributed by atoms with Gasteiger partial charge in [0.1, 0.15) is 0 Å². The largest absolute Gasteiger partial charge is 0.333 e. The zero-order valence-corrected chi connectivity index (χ0v) is 15.1. The lowest BCUT2D eigenvalue weighted by atomic mass is 10.3. The Morgan fingerprint density at radius 3 is 2.73 bits per heavy atom. The number of aromatic nitrogens is 6. The summed E-state index contributed by atoms with van der Waals surface area (Å²) in [4.78, 5) is 38.9. The van der Waals surface area contributed by atoms with Gasteiger partial charge in [0.25, 0.3) is 5.56 Å². The van der Waals surface area contributed by atoms with Crippen molar-refractivity contribution in [3.63, 3.8) is 0 Å². The van der Waals surface area contributed by atoms with Gasteiger partial charge in [-0.3, -0.25) is 14.3 Å². The van der Waals surface area contributed by atoms with Gasteiger partial charge < -0.3 is 9.55 Å². The van der Waals surface area contributed by atoms with Crippen LogP contribution in [0.5, 0.6) is 0 Å². The Labute approximate surface area is 151 Å². The van der Waals surface area contributed by atoms with E-state index in [0.29, 0.717) is 28.0 Å². The van der Waals surface area contributed by atoms with Crippen LogP contribution in [0.1, 0.15) is 6.92 Å². The zero-order valence-electron chi connectivity index (χ0n) is 14.2. The smallest absolute Gasteiger partial charge is 0.329 e. The zero-order chi connectivity index (χ0) is 18.4. The predicted molar refractivity (Wildman–Crippen MR) is 101 cm³/mol. The van der Waals surface area contributed by atoms with E-state index in [0.717, 1.165) is 16.6 Å². The van der Waals surface area contributed by atoms with Crippen LogP contribution in [-0.2, 0) is 13.6 Å². The van der Waals surface area contributed by atoms with Crippen LogP contribution in [0.3, 0.4) is 0 Å². The van der Waals surface area contributed by atoms with Gasteiger partial charge in [-0.2, -0.15) is 0 Å². The van der Waals surface area contributed by atoms with Crippen molar-refractivity contribution in [2.24, 2.45) is 7.05 Å². The number of nitrogens with one attached hydrogen (secondary N) is 2. The molecule has 0 unspecified atom stereocenters. The average Bonchev–Trinajstić information content (AvgIpc) is 3.14. The molecule has 4 aromatic rings. The lowest BCUT2D eigenvalue weighted by molar-refractivity contribution is 0.718. The Morgan fingerprint density at radius 2 is 2.00 bits per heavy atom. The molecule has 0 aliphatic carbocycles. The number of H-pyrrole nitrogens is 2. The van der Waals surface area contributed by atoms with Gasteiger partial charge in [-0.25, -0.2) is 14.8 Å². The van der Waals surface area contributed by atoms with Crippen LogP contribution in [0, 0.1) is 0 Å². The first kappa shape index (κ1) is 16.4. The molecule has 26 heavy (non-hydrogen) atoms. The first-order valence-corrected chi connectivity index (χ1v) is 8.72. The second kappa shape index (κ2) is 6.03. The second-order valence-corrected chi connectivity index (χ2v) is 7.05. The van der Waals surface area contributed by atoms with E-state index in [2.05, 4.69) is 26.5 Å². The van der Waals surface area contributed by atoms with Gasteiger partial charge >= 0.3 is 5.69 Å². The molecule has 8 nitrogen and oxygen atoms in total. The second-order valence-electron chi connectivity index (χ2n) is 6.09. The molecular weight excluding hydrogens is 352 g/mol. The normalized spacial score (nSPS) is 11.5. The number of rotatable bonds is 4. The first-order valence-electron chi connectivity index (χ1n) is 7.90. The minimum Gasteiger partial charge on any atom is -0.333 e. The fourth-order valence-corrected chi connectivity index (χ4v) is 3.65. The summed E-state index contributed by atoms with van der Waals surface area (Å²) in [5.74, 6) is 0. The summed E-state index contributed by atoms with van der Waals surface area (Å²) in [5.41, 5.74) is 2.35. The van der Waals surface area contributed by atoms with E-state index in [9.17, 15) is 9.59 Å². The Balaban J connectivity index is 1.91. The van der Waals surface area contributed by atoms with Crippen molar-refractivity contribution < 1.29 is 0 Å². The summed E-state index contributed by atoms with van der Waals surface area (Å²) in [6.07, 6.45) is 0.